The van der Waals surface area contributed by atoms with Crippen LogP contribution in [0.3, 0.4) is 0 Å². The summed E-state index contributed by atoms with van der Waals surface area (Å²) in [5.41, 5.74) is 8.67. The first-order chi connectivity index (χ1) is 17.5. The number of aromatic nitrogens is 4. The number of nitrogen functional groups attached to an aromatic ring is 1. The molecule has 2 amide bonds. The number of amides is 2. The van der Waals surface area contributed by atoms with Crippen LogP contribution in [0.5, 0.6) is 0 Å². The summed E-state index contributed by atoms with van der Waals surface area (Å²) >= 11 is 0. The fourth-order valence-electron chi connectivity index (χ4n) is 4.34. The summed E-state index contributed by atoms with van der Waals surface area (Å²) < 4.78 is 7.55. The zero-order chi connectivity index (χ0) is 26.7. The van der Waals surface area contributed by atoms with E-state index in [-0.39, 0.29) is 17.3 Å². The Labute approximate surface area is 215 Å². The lowest BCUT2D eigenvalue weighted by Gasteiger charge is -2.22. The van der Waals surface area contributed by atoms with Gasteiger partial charge in [-0.05, 0) is 43.1 Å². The van der Waals surface area contributed by atoms with Gasteiger partial charge >= 0.3 is 6.03 Å². The molecule has 0 aliphatic carbocycles. The standard InChI is InChI=1S/C25H36N8O4/c1-25(2,3)15-6-8-16(9-7-15)31-24(36)27-10-5-11-32(4)12-17-19(34)20(35)23(37-17)33-14-30-18-21(26)28-13-29-22(18)33/h6-9,13-14,17,19-20,23,34-35H,5,10-12H2,1-4H3,(H2,26,28,29)(H2,27,31,36)/t17?,19-,20-,23-/m1/s1. The van der Waals surface area contributed by atoms with Gasteiger partial charge in [0.25, 0.3) is 0 Å². The van der Waals surface area contributed by atoms with Crippen molar-refractivity contribution >= 4 is 28.7 Å². The van der Waals surface area contributed by atoms with Gasteiger partial charge in [-0.2, -0.15) is 0 Å². The highest BCUT2D eigenvalue weighted by atomic mass is 16.6. The number of carbonyl (C=O) groups excluding carboxylic acids is 1. The molecule has 1 fully saturated rings. The number of aliphatic hydroxyl groups excluding tert-OH is 2. The second kappa shape index (κ2) is 11.0. The summed E-state index contributed by atoms with van der Waals surface area (Å²) in [5.74, 6) is 0.230. The molecule has 4 atom stereocenters. The Morgan fingerprint density at radius 1 is 1.16 bits per heavy atom. The van der Waals surface area contributed by atoms with Crippen LogP contribution in [0.25, 0.3) is 11.2 Å². The number of likely N-dealkylation sites (N-methyl/N-ethyl adjacent to an activating group) is 1. The summed E-state index contributed by atoms with van der Waals surface area (Å²) in [5, 5.41) is 26.9. The Bertz CT molecular complexity index is 1210. The number of anilines is 2. The monoisotopic (exact) mass is 512 g/mol. The largest absolute Gasteiger partial charge is 0.387 e. The first-order valence-electron chi connectivity index (χ1n) is 12.3. The zero-order valence-electron chi connectivity index (χ0n) is 21.6. The van der Waals surface area contributed by atoms with Crippen LogP contribution in [-0.4, -0.2) is 85.7 Å². The van der Waals surface area contributed by atoms with Crippen molar-refractivity contribution in [1.82, 2.24) is 29.7 Å². The molecule has 1 aromatic carbocycles. The van der Waals surface area contributed by atoms with Gasteiger partial charge in [-0.3, -0.25) is 4.57 Å². The third-order valence-corrected chi connectivity index (χ3v) is 6.50. The second-order valence-electron chi connectivity index (χ2n) is 10.5. The molecule has 0 saturated carbocycles. The minimum atomic E-state index is -1.16. The molecule has 3 heterocycles. The topological polar surface area (TPSA) is 164 Å². The molecule has 1 saturated heterocycles. The Morgan fingerprint density at radius 3 is 2.59 bits per heavy atom. The Hall–Kier alpha value is -3.32. The first-order valence-corrected chi connectivity index (χ1v) is 12.3. The van der Waals surface area contributed by atoms with Crippen molar-refractivity contribution in [2.75, 3.05) is 37.7 Å². The van der Waals surface area contributed by atoms with Crippen LogP contribution in [-0.2, 0) is 10.2 Å². The molecule has 1 aliphatic heterocycles. The lowest BCUT2D eigenvalue weighted by Crippen LogP contribution is -2.39. The fourth-order valence-corrected chi connectivity index (χ4v) is 4.34. The van der Waals surface area contributed by atoms with E-state index in [2.05, 4.69) is 46.4 Å². The molecule has 2 aromatic heterocycles. The number of rotatable bonds is 8. The van der Waals surface area contributed by atoms with Gasteiger partial charge in [0.15, 0.2) is 17.7 Å². The average molecular weight is 513 g/mol. The quantitative estimate of drug-likeness (QED) is 0.281. The van der Waals surface area contributed by atoms with Crippen molar-refractivity contribution in [1.29, 1.82) is 0 Å². The zero-order valence-corrected chi connectivity index (χ0v) is 21.6. The van der Waals surface area contributed by atoms with Crippen LogP contribution in [0.4, 0.5) is 16.3 Å². The van der Waals surface area contributed by atoms with E-state index in [1.807, 2.05) is 36.2 Å². The molecule has 3 aromatic rings. The van der Waals surface area contributed by atoms with Gasteiger partial charge in [0.2, 0.25) is 0 Å². The molecule has 12 nitrogen and oxygen atoms in total. The lowest BCUT2D eigenvalue weighted by atomic mass is 9.87. The van der Waals surface area contributed by atoms with Crippen molar-refractivity contribution in [2.45, 2.75) is 57.1 Å². The maximum absolute atomic E-state index is 12.2. The van der Waals surface area contributed by atoms with Gasteiger partial charge < -0.3 is 36.2 Å². The molecule has 4 rings (SSSR count). The minimum Gasteiger partial charge on any atom is -0.387 e. The number of carbonyl (C=O) groups is 1. The summed E-state index contributed by atoms with van der Waals surface area (Å²) in [7, 11) is 1.90. The molecule has 1 unspecified atom stereocenters. The van der Waals surface area contributed by atoms with E-state index in [1.54, 1.807) is 4.57 Å². The maximum Gasteiger partial charge on any atom is 0.319 e. The van der Waals surface area contributed by atoms with E-state index in [0.29, 0.717) is 37.2 Å². The third kappa shape index (κ3) is 6.16. The van der Waals surface area contributed by atoms with Gasteiger partial charge in [-0.15, -0.1) is 0 Å². The third-order valence-electron chi connectivity index (χ3n) is 6.50. The van der Waals surface area contributed by atoms with Crippen LogP contribution in [0.15, 0.2) is 36.9 Å². The number of imidazole rings is 1. The van der Waals surface area contributed by atoms with E-state index in [1.165, 1.54) is 18.2 Å². The number of nitrogens with zero attached hydrogens (tertiary/aromatic N) is 5. The summed E-state index contributed by atoms with van der Waals surface area (Å²) in [4.78, 5) is 26.5. The van der Waals surface area contributed by atoms with Gasteiger partial charge in [0, 0.05) is 18.8 Å². The van der Waals surface area contributed by atoms with Gasteiger partial charge in [-0.25, -0.2) is 19.7 Å². The normalized spacial score (nSPS) is 22.0. The number of nitrogens with one attached hydrogen (secondary N) is 2. The van der Waals surface area contributed by atoms with E-state index in [0.717, 1.165) is 5.69 Å². The van der Waals surface area contributed by atoms with E-state index < -0.39 is 24.5 Å². The molecule has 1 aliphatic rings. The highest BCUT2D eigenvalue weighted by Crippen LogP contribution is 2.32. The Balaban J connectivity index is 1.21. The van der Waals surface area contributed by atoms with Gasteiger partial charge in [-0.1, -0.05) is 32.9 Å². The number of hydrogen-bond acceptors (Lipinski definition) is 9. The Morgan fingerprint density at radius 2 is 1.89 bits per heavy atom. The number of fused-ring (bicyclic) bond motifs is 1. The molecule has 0 bridgehead atoms. The summed E-state index contributed by atoms with van der Waals surface area (Å²) in [6.45, 7) is 7.97. The van der Waals surface area contributed by atoms with Crippen LogP contribution >= 0.6 is 0 Å². The fraction of sp³-hybridized carbons (Fsp3) is 0.520. The van der Waals surface area contributed by atoms with Crippen molar-refractivity contribution in [2.24, 2.45) is 0 Å². The summed E-state index contributed by atoms with van der Waals surface area (Å²) in [6, 6.07) is 7.57. The van der Waals surface area contributed by atoms with Crippen LogP contribution in [0.2, 0.25) is 0 Å². The minimum absolute atomic E-state index is 0.0583. The summed E-state index contributed by atoms with van der Waals surface area (Å²) in [6.07, 6.45) is -0.227. The van der Waals surface area contributed by atoms with Crippen molar-refractivity contribution in [3.63, 3.8) is 0 Å². The molecule has 0 radical (unpaired) electrons. The molecule has 0 spiro atoms. The average Bonchev–Trinajstić information content (AvgIpc) is 3.39. The predicted octanol–water partition coefficient (Wildman–Crippen LogP) is 1.47. The number of nitrogens with two attached hydrogens (primary N) is 1. The highest BCUT2D eigenvalue weighted by molar-refractivity contribution is 5.89. The van der Waals surface area contributed by atoms with Gasteiger partial charge in [0.1, 0.15) is 30.2 Å². The number of ether oxygens (including phenoxy) is 1. The van der Waals surface area contributed by atoms with E-state index in [9.17, 15) is 15.0 Å². The molecule has 200 valence electrons. The molecule has 12 heteroatoms. The van der Waals surface area contributed by atoms with Crippen molar-refractivity contribution in [3.8, 4) is 0 Å². The van der Waals surface area contributed by atoms with Crippen molar-refractivity contribution in [3.05, 3.63) is 42.5 Å². The number of hydrogen-bond donors (Lipinski definition) is 5. The number of urea groups is 1. The van der Waals surface area contributed by atoms with Crippen LogP contribution in [0.1, 0.15) is 39.0 Å². The van der Waals surface area contributed by atoms with Gasteiger partial charge in [0.05, 0.1) is 6.33 Å². The smallest absolute Gasteiger partial charge is 0.319 e. The van der Waals surface area contributed by atoms with E-state index >= 15 is 0 Å². The van der Waals surface area contributed by atoms with Crippen molar-refractivity contribution < 1.29 is 19.7 Å². The predicted molar refractivity (Wildman–Crippen MR) is 140 cm³/mol. The Kier molecular flexibility index (Phi) is 7.93. The molecule has 6 N–H and O–H groups in total. The SMILES string of the molecule is CN(CCCNC(=O)Nc1ccc(C(C)(C)C)cc1)CC1O[C@@H](n2cnc3c(N)ncnc32)[C@H](O)[C@@H]1O. The first kappa shape index (κ1) is 26.7. The maximum atomic E-state index is 12.2. The second-order valence-corrected chi connectivity index (χ2v) is 10.5. The number of aliphatic hydroxyl groups is 2. The lowest BCUT2D eigenvalue weighted by molar-refractivity contribution is -0.0421. The number of benzene rings is 1. The molecule has 37 heavy (non-hydrogen) atoms. The molecular weight excluding hydrogens is 476 g/mol. The van der Waals surface area contributed by atoms with E-state index in [4.69, 9.17) is 10.5 Å². The molecular formula is C25H36N8O4. The van der Waals surface area contributed by atoms with Crippen LogP contribution in [0, 0.1) is 0 Å². The highest BCUT2D eigenvalue weighted by Gasteiger charge is 2.44. The van der Waals surface area contributed by atoms with Crippen LogP contribution < -0.4 is 16.4 Å².